The summed E-state index contributed by atoms with van der Waals surface area (Å²) in [5, 5.41) is 0. The van der Waals surface area contributed by atoms with Gasteiger partial charge in [-0.05, 0) is 5.92 Å². The molecule has 2 N–H and O–H groups in total. The molecule has 0 unspecified atom stereocenters. The Hall–Kier alpha value is -0.480. The second-order valence-electron chi connectivity index (χ2n) is 2.08. The van der Waals surface area contributed by atoms with Gasteiger partial charge in [-0.15, -0.1) is 6.42 Å². The third-order valence-corrected chi connectivity index (χ3v) is 1.45. The van der Waals surface area contributed by atoms with Crippen molar-refractivity contribution in [1.82, 2.24) is 0 Å². The van der Waals surface area contributed by atoms with Gasteiger partial charge in [-0.25, -0.2) is 0 Å². The van der Waals surface area contributed by atoms with Crippen LogP contribution in [0, 0.1) is 18.3 Å². The van der Waals surface area contributed by atoms with Crippen LogP contribution >= 0.6 is 0 Å². The van der Waals surface area contributed by atoms with Gasteiger partial charge in [-0.3, -0.25) is 0 Å². The van der Waals surface area contributed by atoms with Crippen molar-refractivity contribution in [3.63, 3.8) is 0 Å². The summed E-state index contributed by atoms with van der Waals surface area (Å²) in [6, 6.07) is -0.0556. The molecule has 0 aliphatic carbocycles. The summed E-state index contributed by atoms with van der Waals surface area (Å²) < 4.78 is 0. The van der Waals surface area contributed by atoms with Crippen LogP contribution < -0.4 is 5.73 Å². The summed E-state index contributed by atoms with van der Waals surface area (Å²) in [5.41, 5.74) is 5.49. The van der Waals surface area contributed by atoms with E-state index in [1.54, 1.807) is 0 Å². The van der Waals surface area contributed by atoms with Gasteiger partial charge in [0.2, 0.25) is 0 Å². The van der Waals surface area contributed by atoms with Gasteiger partial charge >= 0.3 is 0 Å². The van der Waals surface area contributed by atoms with Gasteiger partial charge in [0.1, 0.15) is 0 Å². The summed E-state index contributed by atoms with van der Waals surface area (Å²) >= 11 is 0. The van der Waals surface area contributed by atoms with Gasteiger partial charge in [-0.1, -0.05) is 26.2 Å². The molecule has 0 spiro atoms. The minimum Gasteiger partial charge on any atom is -0.317 e. The van der Waals surface area contributed by atoms with Crippen molar-refractivity contribution in [2.45, 2.75) is 26.3 Å². The van der Waals surface area contributed by atoms with Crippen LogP contribution in [0.3, 0.4) is 0 Å². The summed E-state index contributed by atoms with van der Waals surface area (Å²) in [4.78, 5) is 0. The summed E-state index contributed by atoms with van der Waals surface area (Å²) in [6.07, 6.45) is 6.13. The Bertz CT molecular complexity index is 91.1. The molecule has 8 heavy (non-hydrogen) atoms. The minimum atomic E-state index is -0.0556. The van der Waals surface area contributed by atoms with Crippen molar-refractivity contribution >= 4 is 0 Å². The molecule has 0 radical (unpaired) electrons. The molecular weight excluding hydrogens is 98.1 g/mol. The van der Waals surface area contributed by atoms with Crippen molar-refractivity contribution in [3.8, 4) is 12.3 Å². The van der Waals surface area contributed by atoms with Crippen molar-refractivity contribution in [2.75, 3.05) is 0 Å². The van der Waals surface area contributed by atoms with Crippen LogP contribution in [0.1, 0.15) is 20.3 Å². The standard InChI is InChI=1S/C7H13N/c1-4-6(3)7(8)5-2/h2,6-7H,4,8H2,1,3H3/t6-,7+/m1/s1. The highest BCUT2D eigenvalue weighted by Crippen LogP contribution is 2.02. The Labute approximate surface area is 51.3 Å². The van der Waals surface area contributed by atoms with Crippen LogP contribution in [0.25, 0.3) is 0 Å². The highest BCUT2D eigenvalue weighted by Gasteiger charge is 2.04. The minimum absolute atomic E-state index is 0.0556. The van der Waals surface area contributed by atoms with E-state index in [4.69, 9.17) is 12.2 Å². The predicted octanol–water partition coefficient (Wildman–Crippen LogP) is 0.993. The number of terminal acetylenes is 1. The number of hydrogen-bond acceptors (Lipinski definition) is 1. The third-order valence-electron chi connectivity index (χ3n) is 1.45. The normalized spacial score (nSPS) is 16.8. The lowest BCUT2D eigenvalue weighted by atomic mass is 10.0. The molecule has 0 aliphatic rings. The highest BCUT2D eigenvalue weighted by molar-refractivity contribution is 4.98. The van der Waals surface area contributed by atoms with E-state index in [-0.39, 0.29) is 6.04 Å². The molecule has 0 saturated heterocycles. The predicted molar refractivity (Wildman–Crippen MR) is 36.3 cm³/mol. The maximum Gasteiger partial charge on any atom is 0.0687 e. The molecule has 0 heterocycles. The van der Waals surface area contributed by atoms with Gasteiger partial charge in [0.15, 0.2) is 0 Å². The monoisotopic (exact) mass is 111 g/mol. The third kappa shape index (κ3) is 1.99. The highest BCUT2D eigenvalue weighted by atomic mass is 14.6. The van der Waals surface area contributed by atoms with E-state index in [0.717, 1.165) is 6.42 Å². The Morgan fingerprint density at radius 2 is 2.25 bits per heavy atom. The second kappa shape index (κ2) is 3.51. The lowest BCUT2D eigenvalue weighted by Gasteiger charge is -2.10. The number of hydrogen-bond donors (Lipinski definition) is 1. The number of nitrogens with two attached hydrogens (primary N) is 1. The SMILES string of the molecule is C#C[C@H](N)[C@H](C)CC. The molecule has 1 nitrogen and oxygen atoms in total. The maximum atomic E-state index is 5.49. The fourth-order valence-corrected chi connectivity index (χ4v) is 0.418. The number of rotatable bonds is 2. The molecular formula is C7H13N. The van der Waals surface area contributed by atoms with Gasteiger partial charge in [0.25, 0.3) is 0 Å². The van der Waals surface area contributed by atoms with Crippen LogP contribution in [-0.2, 0) is 0 Å². The van der Waals surface area contributed by atoms with E-state index in [1.807, 2.05) is 0 Å². The molecule has 1 heteroatoms. The van der Waals surface area contributed by atoms with Crippen molar-refractivity contribution < 1.29 is 0 Å². The molecule has 0 aromatic heterocycles. The fraction of sp³-hybridized carbons (Fsp3) is 0.714. The Morgan fingerprint density at radius 3 is 2.38 bits per heavy atom. The molecule has 0 fully saturated rings. The zero-order chi connectivity index (χ0) is 6.57. The van der Waals surface area contributed by atoms with Crippen LogP contribution in [0.5, 0.6) is 0 Å². The first-order chi connectivity index (χ1) is 3.72. The van der Waals surface area contributed by atoms with E-state index in [0.29, 0.717) is 5.92 Å². The van der Waals surface area contributed by atoms with Crippen LogP contribution in [0.15, 0.2) is 0 Å². The second-order valence-corrected chi connectivity index (χ2v) is 2.08. The summed E-state index contributed by atoms with van der Waals surface area (Å²) in [6.45, 7) is 4.15. The van der Waals surface area contributed by atoms with Crippen molar-refractivity contribution in [3.05, 3.63) is 0 Å². The lowest BCUT2D eigenvalue weighted by molar-refractivity contribution is 0.514. The fourth-order valence-electron chi connectivity index (χ4n) is 0.418. The average Bonchev–Trinajstić information content (AvgIpc) is 1.84. The average molecular weight is 111 g/mol. The molecule has 2 atom stereocenters. The van der Waals surface area contributed by atoms with Crippen molar-refractivity contribution in [2.24, 2.45) is 11.7 Å². The largest absolute Gasteiger partial charge is 0.317 e. The molecule has 0 aliphatic heterocycles. The van der Waals surface area contributed by atoms with Gasteiger partial charge in [0, 0.05) is 0 Å². The zero-order valence-corrected chi connectivity index (χ0v) is 5.52. The summed E-state index contributed by atoms with van der Waals surface area (Å²) in [7, 11) is 0. The molecule has 46 valence electrons. The lowest BCUT2D eigenvalue weighted by Crippen LogP contribution is -2.25. The first kappa shape index (κ1) is 7.52. The Kier molecular flexibility index (Phi) is 3.30. The van der Waals surface area contributed by atoms with E-state index in [9.17, 15) is 0 Å². The molecule has 0 aromatic rings. The molecule has 0 saturated carbocycles. The smallest absolute Gasteiger partial charge is 0.0687 e. The molecule has 0 rings (SSSR count). The van der Waals surface area contributed by atoms with Crippen molar-refractivity contribution in [1.29, 1.82) is 0 Å². The Balaban J connectivity index is 3.49. The molecule has 0 aromatic carbocycles. The van der Waals surface area contributed by atoms with E-state index in [2.05, 4.69) is 19.8 Å². The summed E-state index contributed by atoms with van der Waals surface area (Å²) in [5.74, 6) is 2.95. The van der Waals surface area contributed by atoms with Crippen LogP contribution in [-0.4, -0.2) is 6.04 Å². The zero-order valence-electron chi connectivity index (χ0n) is 5.52. The van der Waals surface area contributed by atoms with Gasteiger partial charge in [-0.2, -0.15) is 0 Å². The van der Waals surface area contributed by atoms with Gasteiger partial charge < -0.3 is 5.73 Å². The maximum absolute atomic E-state index is 5.49. The molecule has 0 bridgehead atoms. The topological polar surface area (TPSA) is 26.0 Å². The van der Waals surface area contributed by atoms with Crippen LogP contribution in [0.2, 0.25) is 0 Å². The van der Waals surface area contributed by atoms with E-state index in [1.165, 1.54) is 0 Å². The Morgan fingerprint density at radius 1 is 1.75 bits per heavy atom. The quantitative estimate of drug-likeness (QED) is 0.528. The van der Waals surface area contributed by atoms with E-state index >= 15 is 0 Å². The van der Waals surface area contributed by atoms with Gasteiger partial charge in [0.05, 0.1) is 6.04 Å². The first-order valence-electron chi connectivity index (χ1n) is 2.94. The molecule has 0 amide bonds. The first-order valence-corrected chi connectivity index (χ1v) is 2.94. The van der Waals surface area contributed by atoms with E-state index < -0.39 is 0 Å². The van der Waals surface area contributed by atoms with Crippen LogP contribution in [0.4, 0.5) is 0 Å².